The number of anilines is 1. The summed E-state index contributed by atoms with van der Waals surface area (Å²) in [6.45, 7) is 3.34. The van der Waals surface area contributed by atoms with E-state index >= 15 is 0 Å². The number of halogens is 2. The molecule has 0 unspecified atom stereocenters. The normalized spacial score (nSPS) is 11.4. The highest BCUT2D eigenvalue weighted by atomic mass is 35.5. The number of rotatable bonds is 7. The van der Waals surface area contributed by atoms with Crippen LogP contribution >= 0.6 is 23.2 Å². The Morgan fingerprint density at radius 2 is 1.76 bits per heavy atom. The van der Waals surface area contributed by atoms with Gasteiger partial charge in [-0.1, -0.05) is 53.5 Å². The summed E-state index contributed by atoms with van der Waals surface area (Å²) in [6.07, 6.45) is 0. The Morgan fingerprint density at radius 1 is 1.08 bits per heavy atom. The van der Waals surface area contributed by atoms with E-state index in [-0.39, 0.29) is 17.2 Å². The van der Waals surface area contributed by atoms with Crippen LogP contribution in [0.15, 0.2) is 59.0 Å². The fourth-order valence-corrected chi connectivity index (χ4v) is 4.04. The van der Waals surface area contributed by atoms with Crippen LogP contribution < -0.4 is 5.32 Å². The van der Waals surface area contributed by atoms with Gasteiger partial charge in [0.05, 0.1) is 16.8 Å². The fraction of sp³-hybridized carbons (Fsp3) is 0.185. The lowest BCUT2D eigenvalue weighted by Crippen LogP contribution is -2.30. The van der Waals surface area contributed by atoms with Gasteiger partial charge in [0.2, 0.25) is 11.5 Å². The zero-order valence-corrected chi connectivity index (χ0v) is 21.6. The molecule has 0 aliphatic carbocycles. The van der Waals surface area contributed by atoms with Crippen molar-refractivity contribution < 1.29 is 28.6 Å². The monoisotopic (exact) mass is 540 g/mol. The zero-order valence-electron chi connectivity index (χ0n) is 20.1. The number of aromatic nitrogens is 1. The van der Waals surface area contributed by atoms with Crippen LogP contribution in [0.3, 0.4) is 0 Å². The minimum absolute atomic E-state index is 0.0306. The second-order valence-corrected chi connectivity index (χ2v) is 9.59. The summed E-state index contributed by atoms with van der Waals surface area (Å²) >= 11 is 12.7. The number of esters is 1. The summed E-state index contributed by atoms with van der Waals surface area (Å²) in [4.78, 5) is 41.6. The van der Waals surface area contributed by atoms with Gasteiger partial charge in [-0.15, -0.1) is 0 Å². The Labute approximate surface area is 222 Å². The highest BCUT2D eigenvalue weighted by molar-refractivity contribution is 6.33. The van der Waals surface area contributed by atoms with Crippen LogP contribution in [0.2, 0.25) is 10.0 Å². The molecular weight excluding hydrogens is 519 g/mol. The van der Waals surface area contributed by atoms with Crippen molar-refractivity contribution in [2.75, 3.05) is 11.9 Å². The number of ether oxygens (including phenoxy) is 1. The van der Waals surface area contributed by atoms with Crippen LogP contribution in [0.5, 0.6) is 0 Å². The van der Waals surface area contributed by atoms with Gasteiger partial charge in [0.25, 0.3) is 5.91 Å². The van der Waals surface area contributed by atoms with Gasteiger partial charge < -0.3 is 19.6 Å². The predicted octanol–water partition coefficient (Wildman–Crippen LogP) is 5.92. The first-order valence-electron chi connectivity index (χ1n) is 11.1. The van der Waals surface area contributed by atoms with Gasteiger partial charge in [0.15, 0.2) is 12.4 Å². The SMILES string of the molecule is CC(=O)OCC(=O)Nc1c(-c2ccc(Cl)cc2)c(-c2ccccc2Cl)nc2oc(C(=O)C(C)(C)O)cc12. The molecule has 0 aliphatic rings. The van der Waals surface area contributed by atoms with E-state index in [1.807, 2.05) is 0 Å². The molecule has 4 rings (SSSR count). The number of nitrogens with one attached hydrogen (secondary N) is 1. The lowest BCUT2D eigenvalue weighted by Gasteiger charge is -2.17. The number of hydrogen-bond acceptors (Lipinski definition) is 7. The number of aliphatic hydroxyl groups is 1. The van der Waals surface area contributed by atoms with E-state index in [0.717, 1.165) is 0 Å². The molecule has 10 heteroatoms. The maximum absolute atomic E-state index is 12.8. The maximum Gasteiger partial charge on any atom is 0.303 e. The molecule has 2 aromatic carbocycles. The minimum Gasteiger partial charge on any atom is -0.456 e. The van der Waals surface area contributed by atoms with Crippen LogP contribution in [-0.2, 0) is 14.3 Å². The average molecular weight is 541 g/mol. The van der Waals surface area contributed by atoms with Crippen LogP contribution in [0.1, 0.15) is 31.3 Å². The quantitative estimate of drug-likeness (QED) is 0.220. The van der Waals surface area contributed by atoms with E-state index in [1.165, 1.54) is 26.8 Å². The number of ketones is 1. The molecule has 2 N–H and O–H groups in total. The van der Waals surface area contributed by atoms with Crippen molar-refractivity contribution in [1.29, 1.82) is 0 Å². The summed E-state index contributed by atoms with van der Waals surface area (Å²) in [5.74, 6) is -2.07. The van der Waals surface area contributed by atoms with Gasteiger partial charge in [-0.05, 0) is 43.7 Å². The molecule has 190 valence electrons. The number of fused-ring (bicyclic) bond motifs is 1. The first-order valence-corrected chi connectivity index (χ1v) is 11.9. The number of carbonyl (C=O) groups excluding carboxylic acids is 3. The first-order chi connectivity index (χ1) is 17.5. The standard InChI is InChI=1S/C27H22Cl2N2O6/c1-14(32)36-13-21(33)30-24-18-12-20(25(34)27(2,3)35)37-26(18)31-23(17-6-4-5-7-19(17)29)22(24)15-8-10-16(28)11-9-15/h4-12,35H,13H2,1-3H3,(H,30,31,33). The average Bonchev–Trinajstić information content (AvgIpc) is 3.26. The summed E-state index contributed by atoms with van der Waals surface area (Å²) in [5.41, 5.74) is 0.570. The van der Waals surface area contributed by atoms with Gasteiger partial charge in [-0.2, -0.15) is 0 Å². The zero-order chi connectivity index (χ0) is 26.9. The lowest BCUT2D eigenvalue weighted by atomic mass is 9.95. The molecule has 8 nitrogen and oxygen atoms in total. The number of Topliss-reactive ketones (excluding diaryl/α,β-unsaturated/α-hetero) is 1. The number of carbonyl (C=O) groups is 3. The first kappa shape index (κ1) is 26.3. The van der Waals surface area contributed by atoms with E-state index < -0.39 is 29.9 Å². The third-order valence-corrected chi connectivity index (χ3v) is 5.98. The molecule has 0 aliphatic heterocycles. The van der Waals surface area contributed by atoms with Crippen molar-refractivity contribution in [1.82, 2.24) is 4.98 Å². The number of nitrogens with zero attached hydrogens (tertiary/aromatic N) is 1. The van der Waals surface area contributed by atoms with Crippen LogP contribution in [0, 0.1) is 0 Å². The largest absolute Gasteiger partial charge is 0.456 e. The molecular formula is C27H22Cl2N2O6. The molecule has 0 saturated heterocycles. The van der Waals surface area contributed by atoms with E-state index in [1.54, 1.807) is 48.5 Å². The van der Waals surface area contributed by atoms with Crippen LogP contribution in [-0.4, -0.2) is 40.0 Å². The molecule has 2 aromatic heterocycles. The van der Waals surface area contributed by atoms with Crippen molar-refractivity contribution in [3.05, 3.63) is 70.4 Å². The molecule has 0 atom stereocenters. The second-order valence-electron chi connectivity index (χ2n) is 8.74. The topological polar surface area (TPSA) is 119 Å². The molecule has 4 aromatic rings. The highest BCUT2D eigenvalue weighted by Crippen LogP contribution is 2.44. The third-order valence-electron chi connectivity index (χ3n) is 5.39. The van der Waals surface area contributed by atoms with Crippen LogP contribution in [0.25, 0.3) is 33.5 Å². The van der Waals surface area contributed by atoms with Gasteiger partial charge in [-0.25, -0.2) is 4.98 Å². The van der Waals surface area contributed by atoms with Crippen molar-refractivity contribution in [2.24, 2.45) is 0 Å². The molecule has 0 fully saturated rings. The Kier molecular flexibility index (Phi) is 7.36. The molecule has 1 amide bonds. The summed E-state index contributed by atoms with van der Waals surface area (Å²) in [5, 5.41) is 14.2. The fourth-order valence-electron chi connectivity index (χ4n) is 3.69. The lowest BCUT2D eigenvalue weighted by molar-refractivity contribution is -0.144. The Balaban J connectivity index is 2.05. The number of furan rings is 1. The summed E-state index contributed by atoms with van der Waals surface area (Å²) < 4.78 is 10.6. The Hall–Kier alpha value is -3.72. The molecule has 0 saturated carbocycles. The molecule has 0 spiro atoms. The highest BCUT2D eigenvalue weighted by Gasteiger charge is 2.31. The molecule has 37 heavy (non-hydrogen) atoms. The number of pyridine rings is 1. The van der Waals surface area contributed by atoms with E-state index in [0.29, 0.717) is 37.8 Å². The van der Waals surface area contributed by atoms with E-state index in [4.69, 9.17) is 32.4 Å². The van der Waals surface area contributed by atoms with Crippen molar-refractivity contribution >= 4 is 57.6 Å². The third kappa shape index (κ3) is 5.67. The van der Waals surface area contributed by atoms with E-state index in [9.17, 15) is 19.5 Å². The molecule has 0 bridgehead atoms. The summed E-state index contributed by atoms with van der Waals surface area (Å²) in [7, 11) is 0. The van der Waals surface area contributed by atoms with Gasteiger partial charge in [0, 0.05) is 28.1 Å². The van der Waals surface area contributed by atoms with Gasteiger partial charge in [0.1, 0.15) is 5.60 Å². The minimum atomic E-state index is -1.71. The number of amides is 1. The molecule has 2 heterocycles. The number of hydrogen-bond donors (Lipinski definition) is 2. The van der Waals surface area contributed by atoms with Crippen LogP contribution in [0.4, 0.5) is 5.69 Å². The summed E-state index contributed by atoms with van der Waals surface area (Å²) in [6, 6.07) is 15.3. The molecule has 0 radical (unpaired) electrons. The van der Waals surface area contributed by atoms with Crippen molar-refractivity contribution in [3.8, 4) is 22.4 Å². The maximum atomic E-state index is 12.8. The Bertz CT molecular complexity index is 1520. The van der Waals surface area contributed by atoms with Gasteiger partial charge in [-0.3, -0.25) is 14.4 Å². The number of benzene rings is 2. The van der Waals surface area contributed by atoms with Crippen molar-refractivity contribution in [3.63, 3.8) is 0 Å². The second kappa shape index (κ2) is 10.3. The van der Waals surface area contributed by atoms with Gasteiger partial charge >= 0.3 is 5.97 Å². The van der Waals surface area contributed by atoms with Crippen molar-refractivity contribution in [2.45, 2.75) is 26.4 Å². The van der Waals surface area contributed by atoms with E-state index in [2.05, 4.69) is 10.3 Å². The Morgan fingerprint density at radius 3 is 2.38 bits per heavy atom. The predicted molar refractivity (Wildman–Crippen MR) is 141 cm³/mol. The smallest absolute Gasteiger partial charge is 0.303 e.